The number of nitrogens with zero attached hydrogens (tertiary/aromatic N) is 3. The molecule has 200 valence electrons. The van der Waals surface area contributed by atoms with Crippen molar-refractivity contribution in [3.05, 3.63) is 90.0 Å². The van der Waals surface area contributed by atoms with Crippen molar-refractivity contribution in [1.82, 2.24) is 9.55 Å². The highest BCUT2D eigenvalue weighted by atomic mass is 19.1. The number of carbonyl (C=O) groups is 3. The van der Waals surface area contributed by atoms with Crippen molar-refractivity contribution in [1.29, 1.82) is 0 Å². The van der Waals surface area contributed by atoms with Crippen molar-refractivity contribution >= 4 is 56.5 Å². The first-order valence-corrected chi connectivity index (χ1v) is 12.4. The Morgan fingerprint density at radius 1 is 1.05 bits per heavy atom. The molecule has 0 saturated carbocycles. The third kappa shape index (κ3) is 3.46. The number of ether oxygens (including phenoxy) is 1. The number of nitrogen functional groups attached to an aromatic ring is 1. The second kappa shape index (κ2) is 8.91. The average Bonchev–Trinajstić information content (AvgIpc) is 3.38. The predicted molar refractivity (Wildman–Crippen MR) is 148 cm³/mol. The number of carbonyl (C=O) groups excluding carboxylic acids is 2. The van der Waals surface area contributed by atoms with Crippen LogP contribution < -0.4 is 15.4 Å². The van der Waals surface area contributed by atoms with E-state index in [1.165, 1.54) is 49.4 Å². The highest BCUT2D eigenvalue weighted by Crippen LogP contribution is 2.52. The lowest BCUT2D eigenvalue weighted by Gasteiger charge is -2.24. The zero-order valence-corrected chi connectivity index (χ0v) is 21.5. The molecular weight excluding hydrogens is 515 g/mol. The number of carboxylic acid groups (broad SMARTS) is 1. The van der Waals surface area contributed by atoms with Gasteiger partial charge in [-0.2, -0.15) is 0 Å². The molecule has 40 heavy (non-hydrogen) atoms. The van der Waals surface area contributed by atoms with Crippen LogP contribution in [0, 0.1) is 5.82 Å². The summed E-state index contributed by atoms with van der Waals surface area (Å²) in [5.74, 6) is -2.36. The molecule has 0 aliphatic carbocycles. The summed E-state index contributed by atoms with van der Waals surface area (Å²) in [5, 5.41) is 10.8. The first-order chi connectivity index (χ1) is 19.2. The molecule has 2 aromatic heterocycles. The second-order valence-electron chi connectivity index (χ2n) is 9.73. The zero-order valence-electron chi connectivity index (χ0n) is 21.5. The predicted octanol–water partition coefficient (Wildman–Crippen LogP) is 4.82. The van der Waals surface area contributed by atoms with Gasteiger partial charge in [-0.05, 0) is 55.5 Å². The summed E-state index contributed by atoms with van der Waals surface area (Å²) in [6.45, 7) is 1.21. The molecule has 1 amide bonds. The number of pyridine rings is 1. The number of rotatable bonds is 6. The molecule has 0 radical (unpaired) electrons. The summed E-state index contributed by atoms with van der Waals surface area (Å²) in [5.41, 5.74) is 7.07. The van der Waals surface area contributed by atoms with Gasteiger partial charge in [0.2, 0.25) is 11.7 Å². The van der Waals surface area contributed by atoms with Gasteiger partial charge in [0.1, 0.15) is 29.2 Å². The van der Waals surface area contributed by atoms with Crippen molar-refractivity contribution in [2.75, 3.05) is 17.7 Å². The van der Waals surface area contributed by atoms with Crippen LogP contribution in [0.3, 0.4) is 0 Å². The fourth-order valence-corrected chi connectivity index (χ4v) is 5.61. The minimum atomic E-state index is -1.79. The van der Waals surface area contributed by atoms with Crippen LogP contribution in [0.15, 0.2) is 72.9 Å². The van der Waals surface area contributed by atoms with Gasteiger partial charge in [-0.25, -0.2) is 4.39 Å². The van der Waals surface area contributed by atoms with Gasteiger partial charge in [0, 0.05) is 27.5 Å². The highest BCUT2D eigenvalue weighted by molar-refractivity contribution is 6.29. The fourth-order valence-electron chi connectivity index (χ4n) is 5.61. The SMILES string of the molecule is COc1ccc2c(c1N)[C@@](C)(C(=O)c1cc3c4ccccc4n(CC(=O)O)c3cn1)C(=O)N2c1ccc(F)cc1. The molecule has 1 aliphatic heterocycles. The number of nitrogens with two attached hydrogens (primary N) is 1. The van der Waals surface area contributed by atoms with Gasteiger partial charge in [0.25, 0.3) is 0 Å². The first-order valence-electron chi connectivity index (χ1n) is 12.4. The summed E-state index contributed by atoms with van der Waals surface area (Å²) < 4.78 is 20.7. The number of para-hydroxylation sites is 1. The molecule has 10 heteroatoms. The number of amides is 1. The quantitative estimate of drug-likeness (QED) is 0.180. The first kappa shape index (κ1) is 25.1. The number of fused-ring (bicyclic) bond motifs is 4. The number of hydrogen-bond donors (Lipinski definition) is 2. The van der Waals surface area contributed by atoms with Crippen LogP contribution in [0.4, 0.5) is 21.5 Å². The molecule has 0 fully saturated rings. The summed E-state index contributed by atoms with van der Waals surface area (Å²) in [7, 11) is 1.44. The van der Waals surface area contributed by atoms with Crippen molar-refractivity contribution in [3.8, 4) is 5.75 Å². The molecule has 0 bridgehead atoms. The number of methoxy groups -OCH3 is 1. The molecule has 9 nitrogen and oxygen atoms in total. The molecular formula is C30H23FN4O5. The van der Waals surface area contributed by atoms with Crippen molar-refractivity contribution < 1.29 is 28.6 Å². The Balaban J connectivity index is 1.55. The number of ketones is 1. The van der Waals surface area contributed by atoms with Gasteiger partial charge in [-0.1, -0.05) is 18.2 Å². The third-order valence-corrected chi connectivity index (χ3v) is 7.50. The molecule has 5 aromatic rings. The van der Waals surface area contributed by atoms with Crippen molar-refractivity contribution in [2.24, 2.45) is 0 Å². The number of aromatic nitrogens is 2. The number of benzene rings is 3. The molecule has 0 saturated heterocycles. The van der Waals surface area contributed by atoms with E-state index in [1.54, 1.807) is 34.9 Å². The number of halogens is 1. The van der Waals surface area contributed by atoms with Crippen LogP contribution in [0.2, 0.25) is 0 Å². The van der Waals surface area contributed by atoms with Gasteiger partial charge in [0.05, 0.1) is 30.2 Å². The largest absolute Gasteiger partial charge is 0.495 e. The van der Waals surface area contributed by atoms with E-state index < -0.39 is 28.9 Å². The maximum atomic E-state index is 14.3. The Morgan fingerprint density at radius 3 is 2.48 bits per heavy atom. The van der Waals surface area contributed by atoms with Crippen LogP contribution in [-0.2, 0) is 21.5 Å². The number of Topliss-reactive ketones (excluding diaryl/α,β-unsaturated/α-hetero) is 1. The maximum absolute atomic E-state index is 14.3. The lowest BCUT2D eigenvalue weighted by molar-refractivity contribution is -0.137. The summed E-state index contributed by atoms with van der Waals surface area (Å²) in [6.07, 6.45) is 1.45. The van der Waals surface area contributed by atoms with E-state index in [2.05, 4.69) is 4.98 Å². The maximum Gasteiger partial charge on any atom is 0.323 e. The monoisotopic (exact) mass is 538 g/mol. The lowest BCUT2D eigenvalue weighted by atomic mass is 9.77. The van der Waals surface area contributed by atoms with E-state index in [0.29, 0.717) is 33.5 Å². The molecule has 0 unspecified atom stereocenters. The Kier molecular flexibility index (Phi) is 5.58. The molecule has 3 aromatic carbocycles. The standard InChI is InChI=1S/C30H23FN4O5/c1-30(26-22(11-12-24(40-2)27(26)32)35(29(30)39)17-9-7-16(31)8-10-17)28(38)20-13-19-18-5-3-4-6-21(18)34(15-25(36)37)23(19)14-33-20/h3-14H,15,32H2,1-2H3,(H,36,37)/t30-/m0/s1. The van der Waals surface area contributed by atoms with E-state index in [9.17, 15) is 23.9 Å². The Labute approximate surface area is 227 Å². The van der Waals surface area contributed by atoms with E-state index in [4.69, 9.17) is 10.5 Å². The number of aliphatic carboxylic acids is 1. The Bertz CT molecular complexity index is 1880. The third-order valence-electron chi connectivity index (χ3n) is 7.50. The van der Waals surface area contributed by atoms with Gasteiger partial charge in [0.15, 0.2) is 0 Å². The molecule has 1 aliphatic rings. The van der Waals surface area contributed by atoms with Gasteiger partial charge in [-0.3, -0.25) is 24.3 Å². The minimum absolute atomic E-state index is 0.00991. The van der Waals surface area contributed by atoms with Crippen molar-refractivity contribution in [3.63, 3.8) is 0 Å². The highest BCUT2D eigenvalue weighted by Gasteiger charge is 2.55. The van der Waals surface area contributed by atoms with Gasteiger partial charge in [-0.15, -0.1) is 0 Å². The van der Waals surface area contributed by atoms with Crippen LogP contribution in [0.1, 0.15) is 23.0 Å². The molecule has 0 spiro atoms. The van der Waals surface area contributed by atoms with Crippen LogP contribution >= 0.6 is 0 Å². The molecule has 6 rings (SSSR count). The summed E-state index contributed by atoms with van der Waals surface area (Å²) in [6, 6.07) is 17.4. The van der Waals surface area contributed by atoms with Gasteiger partial charge < -0.3 is 20.1 Å². The average molecular weight is 539 g/mol. The Hall–Kier alpha value is -5.25. The van der Waals surface area contributed by atoms with Crippen LogP contribution in [0.25, 0.3) is 21.8 Å². The molecule has 3 heterocycles. The molecule has 1 atom stereocenters. The second-order valence-corrected chi connectivity index (χ2v) is 9.73. The lowest BCUT2D eigenvalue weighted by Crippen LogP contribution is -2.43. The zero-order chi connectivity index (χ0) is 28.3. The number of carboxylic acids is 1. The van der Waals surface area contributed by atoms with Gasteiger partial charge >= 0.3 is 5.97 Å². The topological polar surface area (TPSA) is 128 Å². The van der Waals surface area contributed by atoms with Crippen LogP contribution in [0.5, 0.6) is 5.75 Å². The molecule has 3 N–H and O–H groups in total. The minimum Gasteiger partial charge on any atom is -0.495 e. The smallest absolute Gasteiger partial charge is 0.323 e. The van der Waals surface area contributed by atoms with E-state index >= 15 is 0 Å². The normalized spacial score (nSPS) is 16.5. The Morgan fingerprint density at radius 2 is 1.77 bits per heavy atom. The summed E-state index contributed by atoms with van der Waals surface area (Å²) in [4.78, 5) is 45.8. The van der Waals surface area contributed by atoms with Crippen LogP contribution in [-0.4, -0.2) is 39.4 Å². The summed E-state index contributed by atoms with van der Waals surface area (Å²) >= 11 is 0. The van der Waals surface area contributed by atoms with E-state index in [1.807, 2.05) is 12.1 Å². The fraction of sp³-hybridized carbons (Fsp3) is 0.133. The van der Waals surface area contributed by atoms with Crippen molar-refractivity contribution in [2.45, 2.75) is 18.9 Å². The van der Waals surface area contributed by atoms with E-state index in [-0.39, 0.29) is 23.5 Å². The number of anilines is 3. The van der Waals surface area contributed by atoms with E-state index in [0.717, 1.165) is 5.39 Å². The number of hydrogen-bond acceptors (Lipinski definition) is 6.